The van der Waals surface area contributed by atoms with Gasteiger partial charge >= 0.3 is 0 Å². The topological polar surface area (TPSA) is 64.1 Å². The Morgan fingerprint density at radius 3 is 2.48 bits per heavy atom. The van der Waals surface area contributed by atoms with E-state index in [9.17, 15) is 0 Å². The lowest BCUT2D eigenvalue weighted by Gasteiger charge is -2.29. The molecular weight excluding hydrogens is 457 g/mol. The van der Waals surface area contributed by atoms with Crippen molar-refractivity contribution in [1.29, 1.82) is 0 Å². The second kappa shape index (κ2) is 10.4. The lowest BCUT2D eigenvalue weighted by Crippen LogP contribution is -2.48. The number of hydrogen-bond donors (Lipinski definition) is 2. The van der Waals surface area contributed by atoms with E-state index in [0.29, 0.717) is 0 Å². The Morgan fingerprint density at radius 1 is 1.22 bits per heavy atom. The Bertz CT molecular complexity index is 629. The molecule has 6 nitrogen and oxygen atoms in total. The maximum absolute atomic E-state index is 5.83. The molecule has 1 unspecified atom stereocenters. The van der Waals surface area contributed by atoms with Crippen LogP contribution in [0, 0.1) is 0 Å². The zero-order chi connectivity index (χ0) is 19.2. The molecule has 7 heteroatoms. The summed E-state index contributed by atoms with van der Waals surface area (Å²) in [6.07, 6.45) is 2.20. The summed E-state index contributed by atoms with van der Waals surface area (Å²) in [5, 5.41) is 6.81. The first-order valence-electron chi connectivity index (χ1n) is 9.14. The summed E-state index contributed by atoms with van der Waals surface area (Å²) in [4.78, 5) is 4.33. The average Bonchev–Trinajstić information content (AvgIpc) is 3.08. The Morgan fingerprint density at radius 2 is 1.93 bits per heavy atom. The summed E-state index contributed by atoms with van der Waals surface area (Å²) >= 11 is 0. The van der Waals surface area contributed by atoms with Crippen molar-refractivity contribution in [2.45, 2.75) is 44.6 Å². The number of nitrogens with zero attached hydrogens (tertiary/aromatic N) is 1. The van der Waals surface area contributed by atoms with Gasteiger partial charge in [0.2, 0.25) is 0 Å². The predicted molar refractivity (Wildman–Crippen MR) is 121 cm³/mol. The Labute approximate surface area is 180 Å². The van der Waals surface area contributed by atoms with Crippen molar-refractivity contribution in [2.24, 2.45) is 4.99 Å². The van der Waals surface area contributed by atoms with Gasteiger partial charge in [-0.1, -0.05) is 19.9 Å². The van der Waals surface area contributed by atoms with E-state index >= 15 is 0 Å². The van der Waals surface area contributed by atoms with Gasteiger partial charge in [-0.15, -0.1) is 24.0 Å². The highest BCUT2D eigenvalue weighted by Gasteiger charge is 2.30. The van der Waals surface area contributed by atoms with Crippen LogP contribution in [0.1, 0.15) is 39.2 Å². The quantitative estimate of drug-likeness (QED) is 0.348. The molecule has 2 N–H and O–H groups in total. The van der Waals surface area contributed by atoms with E-state index in [1.54, 1.807) is 21.3 Å². The van der Waals surface area contributed by atoms with Crippen molar-refractivity contribution < 1.29 is 14.2 Å². The molecule has 1 aromatic rings. The number of aliphatic imine (C=N–C) groups is 1. The van der Waals surface area contributed by atoms with Crippen LogP contribution in [0.3, 0.4) is 0 Å². The molecular formula is C20H34IN3O3. The fraction of sp³-hybridized carbons (Fsp3) is 0.650. The van der Waals surface area contributed by atoms with Crippen LogP contribution in [0.5, 0.6) is 11.5 Å². The normalized spacial score (nSPS) is 20.0. The smallest absolute Gasteiger partial charge is 0.191 e. The number of guanidine groups is 1. The minimum Gasteiger partial charge on any atom is -0.493 e. The van der Waals surface area contributed by atoms with Crippen molar-refractivity contribution in [3.63, 3.8) is 0 Å². The van der Waals surface area contributed by atoms with Gasteiger partial charge in [0, 0.05) is 32.2 Å². The van der Waals surface area contributed by atoms with Crippen molar-refractivity contribution >= 4 is 29.9 Å². The minimum atomic E-state index is -0.106. The lowest BCUT2D eigenvalue weighted by molar-refractivity contribution is 0.0242. The first kappa shape index (κ1) is 23.8. The molecule has 0 radical (unpaired) electrons. The average molecular weight is 491 g/mol. The second-order valence-corrected chi connectivity index (χ2v) is 7.63. The molecule has 1 saturated heterocycles. The summed E-state index contributed by atoms with van der Waals surface area (Å²) in [6, 6.07) is 6.05. The van der Waals surface area contributed by atoms with Crippen LogP contribution in [0.15, 0.2) is 23.2 Å². The fourth-order valence-electron chi connectivity index (χ4n) is 3.13. The molecule has 1 aromatic carbocycles. The number of hydrogen-bond acceptors (Lipinski definition) is 4. The van der Waals surface area contributed by atoms with Gasteiger partial charge in [0.1, 0.15) is 0 Å². The Hall–Kier alpha value is -1.22. The predicted octanol–water partition coefficient (Wildman–Crippen LogP) is 3.33. The summed E-state index contributed by atoms with van der Waals surface area (Å²) in [6.45, 7) is 8.86. The third-order valence-corrected chi connectivity index (χ3v) is 5.02. The molecule has 0 spiro atoms. The lowest BCUT2D eigenvalue weighted by atomic mass is 9.84. The SMILES string of the molecule is CN=C(NCC1(C)CCCO1)NCC(C)(C)c1ccc(OC)c(OC)c1.I. The standard InChI is InChI=1S/C20H33N3O3.HI/c1-19(2,15-8-9-16(24-5)17(12-15)25-6)13-22-18(21-4)23-14-20(3)10-7-11-26-20;/h8-9,12H,7,10-11,13-14H2,1-6H3,(H2,21,22,23);1H. The molecule has 1 heterocycles. The second-order valence-electron chi connectivity index (χ2n) is 7.63. The highest BCUT2D eigenvalue weighted by Crippen LogP contribution is 2.32. The molecule has 1 aliphatic rings. The number of methoxy groups -OCH3 is 2. The minimum absolute atomic E-state index is 0. The number of nitrogens with one attached hydrogen (secondary N) is 2. The summed E-state index contributed by atoms with van der Waals surface area (Å²) in [5.74, 6) is 2.27. The first-order chi connectivity index (χ1) is 12.3. The summed E-state index contributed by atoms with van der Waals surface area (Å²) < 4.78 is 16.6. The van der Waals surface area contributed by atoms with Gasteiger partial charge in [-0.3, -0.25) is 4.99 Å². The van der Waals surface area contributed by atoms with Crippen LogP contribution >= 0.6 is 24.0 Å². The molecule has 0 bridgehead atoms. The van der Waals surface area contributed by atoms with Crippen LogP contribution in [-0.4, -0.2) is 52.5 Å². The van der Waals surface area contributed by atoms with Gasteiger partial charge in [0.15, 0.2) is 17.5 Å². The highest BCUT2D eigenvalue weighted by molar-refractivity contribution is 14.0. The van der Waals surface area contributed by atoms with E-state index in [1.807, 2.05) is 12.1 Å². The van der Waals surface area contributed by atoms with Gasteiger partial charge < -0.3 is 24.8 Å². The van der Waals surface area contributed by atoms with Gasteiger partial charge in [-0.25, -0.2) is 0 Å². The largest absolute Gasteiger partial charge is 0.493 e. The molecule has 0 aliphatic carbocycles. The molecule has 1 fully saturated rings. The third-order valence-electron chi connectivity index (χ3n) is 5.02. The first-order valence-corrected chi connectivity index (χ1v) is 9.14. The van der Waals surface area contributed by atoms with Gasteiger partial charge in [-0.2, -0.15) is 0 Å². The fourth-order valence-corrected chi connectivity index (χ4v) is 3.13. The van der Waals surface area contributed by atoms with E-state index in [-0.39, 0.29) is 35.0 Å². The van der Waals surface area contributed by atoms with Crippen molar-refractivity contribution in [3.8, 4) is 11.5 Å². The Balaban J connectivity index is 0.00000364. The molecule has 1 aliphatic heterocycles. The molecule has 2 rings (SSSR count). The van der Waals surface area contributed by atoms with Crippen LogP contribution in [0.2, 0.25) is 0 Å². The number of rotatable bonds is 7. The number of benzene rings is 1. The van der Waals surface area contributed by atoms with E-state index in [4.69, 9.17) is 14.2 Å². The van der Waals surface area contributed by atoms with Gasteiger partial charge in [0.05, 0.1) is 19.8 Å². The Kier molecular flexibility index (Phi) is 9.14. The number of ether oxygens (including phenoxy) is 3. The molecule has 154 valence electrons. The van der Waals surface area contributed by atoms with Gasteiger partial charge in [0.25, 0.3) is 0 Å². The summed E-state index contributed by atoms with van der Waals surface area (Å²) in [5.41, 5.74) is 0.964. The number of halogens is 1. The highest BCUT2D eigenvalue weighted by atomic mass is 127. The van der Waals surface area contributed by atoms with E-state index < -0.39 is 0 Å². The van der Waals surface area contributed by atoms with E-state index in [2.05, 4.69) is 42.5 Å². The molecule has 0 amide bonds. The molecule has 0 aromatic heterocycles. The molecule has 27 heavy (non-hydrogen) atoms. The van der Waals surface area contributed by atoms with Crippen molar-refractivity contribution in [2.75, 3.05) is 41.0 Å². The van der Waals surface area contributed by atoms with Crippen molar-refractivity contribution in [1.82, 2.24) is 10.6 Å². The van der Waals surface area contributed by atoms with Crippen molar-refractivity contribution in [3.05, 3.63) is 23.8 Å². The molecule has 0 saturated carbocycles. The van der Waals surface area contributed by atoms with E-state index in [1.165, 1.54) is 5.56 Å². The monoisotopic (exact) mass is 491 g/mol. The van der Waals surface area contributed by atoms with Crippen LogP contribution in [-0.2, 0) is 10.2 Å². The zero-order valence-corrected chi connectivity index (χ0v) is 19.7. The van der Waals surface area contributed by atoms with E-state index in [0.717, 1.165) is 50.0 Å². The maximum atomic E-state index is 5.83. The zero-order valence-electron chi connectivity index (χ0n) is 17.3. The van der Waals surface area contributed by atoms with Gasteiger partial charge in [-0.05, 0) is 37.5 Å². The van der Waals surface area contributed by atoms with Crippen LogP contribution < -0.4 is 20.1 Å². The third kappa shape index (κ3) is 6.41. The maximum Gasteiger partial charge on any atom is 0.191 e. The molecule has 1 atom stereocenters. The summed E-state index contributed by atoms with van der Waals surface area (Å²) in [7, 11) is 5.09. The van der Waals surface area contributed by atoms with Crippen LogP contribution in [0.4, 0.5) is 0 Å². The van der Waals surface area contributed by atoms with Crippen LogP contribution in [0.25, 0.3) is 0 Å².